The smallest absolute Gasteiger partial charge is 0.262 e. The van der Waals surface area contributed by atoms with E-state index < -0.39 is 23.2 Å². The molecule has 4 rings (SSSR count). The van der Waals surface area contributed by atoms with Crippen LogP contribution in [0.5, 0.6) is 0 Å². The summed E-state index contributed by atoms with van der Waals surface area (Å²) in [6.45, 7) is 0. The largest absolute Gasteiger partial charge is 0.384 e. The third-order valence-corrected chi connectivity index (χ3v) is 3.74. The molecule has 1 aliphatic heterocycles. The average Bonchev–Trinajstić information content (AvgIpc) is 3.18. The van der Waals surface area contributed by atoms with Gasteiger partial charge in [0.15, 0.2) is 0 Å². The zero-order chi connectivity index (χ0) is 17.7. The molecule has 0 aliphatic carbocycles. The SMILES string of the molecule is Nc1c2c(cc(=O)n1-c1cc(-n3cnnn3)ccc1F)C(=O)NC2=O. The molecule has 3 heterocycles. The number of hydrogen-bond donors (Lipinski definition) is 2. The van der Waals surface area contributed by atoms with Gasteiger partial charge in [0.1, 0.15) is 18.0 Å². The van der Waals surface area contributed by atoms with E-state index in [1.807, 2.05) is 5.32 Å². The van der Waals surface area contributed by atoms with E-state index in [-0.39, 0.29) is 22.6 Å². The van der Waals surface area contributed by atoms with Crippen molar-refractivity contribution in [2.24, 2.45) is 0 Å². The Morgan fingerprint density at radius 2 is 1.92 bits per heavy atom. The average molecular weight is 341 g/mol. The second kappa shape index (κ2) is 5.06. The zero-order valence-electron chi connectivity index (χ0n) is 12.3. The van der Waals surface area contributed by atoms with Gasteiger partial charge in [0.2, 0.25) is 0 Å². The number of imide groups is 1. The molecule has 1 aliphatic rings. The first-order valence-electron chi connectivity index (χ1n) is 6.92. The topological polar surface area (TPSA) is 138 Å². The molecule has 3 aromatic rings. The Hall–Kier alpha value is -3.89. The Labute approximate surface area is 137 Å². The molecule has 3 N–H and O–H groups in total. The van der Waals surface area contributed by atoms with Crippen molar-refractivity contribution < 1.29 is 14.0 Å². The van der Waals surface area contributed by atoms with E-state index in [0.717, 1.165) is 16.7 Å². The molecule has 25 heavy (non-hydrogen) atoms. The van der Waals surface area contributed by atoms with E-state index in [0.29, 0.717) is 5.69 Å². The second-order valence-electron chi connectivity index (χ2n) is 5.17. The molecular weight excluding hydrogens is 333 g/mol. The van der Waals surface area contributed by atoms with Gasteiger partial charge in [-0.3, -0.25) is 24.3 Å². The van der Waals surface area contributed by atoms with Gasteiger partial charge in [-0.25, -0.2) is 9.07 Å². The number of amides is 2. The van der Waals surface area contributed by atoms with Gasteiger partial charge >= 0.3 is 0 Å². The molecule has 0 saturated carbocycles. The van der Waals surface area contributed by atoms with Crippen molar-refractivity contribution in [2.75, 3.05) is 5.73 Å². The number of pyridine rings is 1. The van der Waals surface area contributed by atoms with Gasteiger partial charge < -0.3 is 5.73 Å². The molecule has 10 nitrogen and oxygen atoms in total. The molecule has 0 fully saturated rings. The van der Waals surface area contributed by atoms with Gasteiger partial charge in [-0.05, 0) is 28.6 Å². The predicted octanol–water partition coefficient (Wildman–Crippen LogP) is -0.582. The number of aromatic nitrogens is 5. The summed E-state index contributed by atoms with van der Waals surface area (Å²) in [6.07, 6.45) is 1.29. The third-order valence-electron chi connectivity index (χ3n) is 3.74. The van der Waals surface area contributed by atoms with Crippen LogP contribution >= 0.6 is 0 Å². The lowest BCUT2D eigenvalue weighted by Crippen LogP contribution is -2.25. The minimum absolute atomic E-state index is 0.138. The summed E-state index contributed by atoms with van der Waals surface area (Å²) in [4.78, 5) is 35.9. The molecule has 0 unspecified atom stereocenters. The van der Waals surface area contributed by atoms with Crippen molar-refractivity contribution >= 4 is 17.6 Å². The number of nitrogen functional groups attached to an aromatic ring is 1. The number of halogens is 1. The maximum Gasteiger partial charge on any atom is 0.262 e. The Morgan fingerprint density at radius 1 is 1.12 bits per heavy atom. The minimum Gasteiger partial charge on any atom is -0.384 e. The molecule has 2 amide bonds. The van der Waals surface area contributed by atoms with Crippen molar-refractivity contribution in [1.82, 2.24) is 30.1 Å². The van der Waals surface area contributed by atoms with Gasteiger partial charge in [-0.15, -0.1) is 5.10 Å². The lowest BCUT2D eigenvalue weighted by molar-refractivity contribution is 0.0880. The minimum atomic E-state index is -0.756. The van der Waals surface area contributed by atoms with Gasteiger partial charge in [-0.2, -0.15) is 0 Å². The number of nitrogens with one attached hydrogen (secondary N) is 1. The summed E-state index contributed by atoms with van der Waals surface area (Å²) < 4.78 is 16.4. The van der Waals surface area contributed by atoms with Crippen LogP contribution in [0.2, 0.25) is 0 Å². The van der Waals surface area contributed by atoms with Crippen LogP contribution in [0.3, 0.4) is 0 Å². The van der Waals surface area contributed by atoms with Crippen LogP contribution in [0.25, 0.3) is 11.4 Å². The summed E-state index contributed by atoms with van der Waals surface area (Å²) in [5, 5.41) is 12.7. The lowest BCUT2D eigenvalue weighted by Gasteiger charge is -2.13. The number of nitrogens with two attached hydrogens (primary N) is 1. The van der Waals surface area contributed by atoms with Gasteiger partial charge in [0, 0.05) is 6.07 Å². The number of rotatable bonds is 2. The summed E-state index contributed by atoms with van der Waals surface area (Å²) in [5.74, 6) is -2.56. The fourth-order valence-electron chi connectivity index (χ4n) is 2.62. The van der Waals surface area contributed by atoms with E-state index in [1.165, 1.54) is 23.1 Å². The normalized spacial score (nSPS) is 13.0. The first-order valence-corrected chi connectivity index (χ1v) is 6.92. The number of tetrazole rings is 1. The molecule has 0 bridgehead atoms. The lowest BCUT2D eigenvalue weighted by atomic mass is 10.1. The summed E-state index contributed by atoms with van der Waals surface area (Å²) in [7, 11) is 0. The predicted molar refractivity (Wildman–Crippen MR) is 80.9 cm³/mol. The van der Waals surface area contributed by atoms with Crippen LogP contribution in [0, 0.1) is 5.82 Å². The van der Waals surface area contributed by atoms with E-state index in [2.05, 4.69) is 15.5 Å². The number of anilines is 1. The van der Waals surface area contributed by atoms with Crippen LogP contribution in [0.15, 0.2) is 35.4 Å². The molecule has 0 spiro atoms. The maximum absolute atomic E-state index is 14.3. The van der Waals surface area contributed by atoms with Crippen molar-refractivity contribution in [2.45, 2.75) is 0 Å². The number of fused-ring (bicyclic) bond motifs is 1. The Bertz CT molecular complexity index is 1100. The quantitative estimate of drug-likeness (QED) is 0.595. The van der Waals surface area contributed by atoms with E-state index in [9.17, 15) is 18.8 Å². The van der Waals surface area contributed by atoms with Crippen LogP contribution in [0.1, 0.15) is 20.7 Å². The highest BCUT2D eigenvalue weighted by molar-refractivity contribution is 6.23. The van der Waals surface area contributed by atoms with Crippen molar-refractivity contribution in [1.29, 1.82) is 0 Å². The zero-order valence-corrected chi connectivity index (χ0v) is 12.3. The van der Waals surface area contributed by atoms with Crippen LogP contribution in [-0.4, -0.2) is 36.6 Å². The van der Waals surface area contributed by atoms with Crippen molar-refractivity contribution in [3.05, 3.63) is 57.9 Å². The Morgan fingerprint density at radius 3 is 2.64 bits per heavy atom. The monoisotopic (exact) mass is 341 g/mol. The first kappa shape index (κ1) is 14.7. The highest BCUT2D eigenvalue weighted by Gasteiger charge is 2.32. The fourth-order valence-corrected chi connectivity index (χ4v) is 2.62. The number of carbonyl (C=O) groups excluding carboxylic acids is 2. The molecule has 1 aromatic carbocycles. The van der Waals surface area contributed by atoms with E-state index in [4.69, 9.17) is 5.73 Å². The highest BCUT2D eigenvalue weighted by Crippen LogP contribution is 2.25. The molecule has 11 heteroatoms. The van der Waals surface area contributed by atoms with Gasteiger partial charge in [-0.1, -0.05) is 0 Å². The molecule has 2 aromatic heterocycles. The van der Waals surface area contributed by atoms with Gasteiger partial charge in [0.25, 0.3) is 17.4 Å². The van der Waals surface area contributed by atoms with Crippen molar-refractivity contribution in [3.8, 4) is 11.4 Å². The molecule has 0 atom stereocenters. The molecule has 124 valence electrons. The summed E-state index contributed by atoms with van der Waals surface area (Å²) in [5.41, 5.74) is 5.00. The summed E-state index contributed by atoms with van der Waals surface area (Å²) >= 11 is 0. The van der Waals surface area contributed by atoms with E-state index >= 15 is 0 Å². The molecular formula is C14H8FN7O3. The number of carbonyl (C=O) groups is 2. The third kappa shape index (κ3) is 2.09. The number of benzene rings is 1. The van der Waals surface area contributed by atoms with E-state index in [1.54, 1.807) is 0 Å². The Balaban J connectivity index is 1.99. The molecule has 0 saturated heterocycles. The Kier molecular flexibility index (Phi) is 2.97. The number of nitrogens with zero attached hydrogens (tertiary/aromatic N) is 5. The maximum atomic E-state index is 14.3. The van der Waals surface area contributed by atoms with Crippen LogP contribution < -0.4 is 16.6 Å². The van der Waals surface area contributed by atoms with Crippen molar-refractivity contribution in [3.63, 3.8) is 0 Å². The first-order chi connectivity index (χ1) is 12.0. The number of hydrogen-bond acceptors (Lipinski definition) is 7. The van der Waals surface area contributed by atoms with Crippen LogP contribution in [-0.2, 0) is 0 Å². The fraction of sp³-hybridized carbons (Fsp3) is 0. The molecule has 0 radical (unpaired) electrons. The summed E-state index contributed by atoms with van der Waals surface area (Å²) in [6, 6.07) is 4.75. The van der Waals surface area contributed by atoms with Gasteiger partial charge in [0.05, 0.1) is 22.5 Å². The van der Waals surface area contributed by atoms with Crippen LogP contribution in [0.4, 0.5) is 10.2 Å². The second-order valence-corrected chi connectivity index (χ2v) is 5.17. The standard InChI is InChI=1S/C14H8FN7O3/c15-8-2-1-6(21-5-17-19-20-21)3-9(8)22-10(23)4-7-11(12(22)16)14(25)18-13(7)24/h1-5H,16H2,(H,18,24,25). The highest BCUT2D eigenvalue weighted by atomic mass is 19.1.